The number of ketones is 1. The summed E-state index contributed by atoms with van der Waals surface area (Å²) in [5.74, 6) is -0.239. The summed E-state index contributed by atoms with van der Waals surface area (Å²) in [5, 5.41) is 8.62. The minimum Gasteiger partial charge on any atom is -0.481 e. The Balaban J connectivity index is 2.67. The van der Waals surface area contributed by atoms with Crippen LogP contribution in [0.2, 0.25) is 0 Å². The Morgan fingerprint density at radius 1 is 1.64 bits per heavy atom. The van der Waals surface area contributed by atoms with Crippen molar-refractivity contribution in [3.8, 4) is 0 Å². The van der Waals surface area contributed by atoms with Crippen LogP contribution in [-0.4, -0.2) is 16.9 Å². The van der Waals surface area contributed by atoms with E-state index in [0.717, 1.165) is 12.8 Å². The first-order chi connectivity index (χ1) is 6.47. The highest BCUT2D eigenvalue weighted by Gasteiger charge is 2.40. The van der Waals surface area contributed by atoms with Crippen LogP contribution in [0.4, 0.5) is 0 Å². The van der Waals surface area contributed by atoms with Crippen LogP contribution in [0.25, 0.3) is 0 Å². The molecule has 3 heteroatoms. The number of hydrogen-bond acceptors (Lipinski definition) is 2. The third kappa shape index (κ3) is 2.14. The number of carbonyl (C=O) groups is 2. The molecule has 0 aromatic rings. The van der Waals surface area contributed by atoms with Gasteiger partial charge in [-0.25, -0.2) is 0 Å². The summed E-state index contributed by atoms with van der Waals surface area (Å²) in [6.45, 7) is 3.97. The van der Waals surface area contributed by atoms with Crippen LogP contribution < -0.4 is 0 Å². The molecule has 0 aliphatic heterocycles. The maximum Gasteiger partial charge on any atom is 0.303 e. The Bertz CT molecular complexity index is 247. The predicted molar refractivity (Wildman–Crippen MR) is 53.0 cm³/mol. The summed E-state index contributed by atoms with van der Waals surface area (Å²) in [6, 6.07) is 0. The highest BCUT2D eigenvalue weighted by Crippen LogP contribution is 2.41. The van der Waals surface area contributed by atoms with Crippen molar-refractivity contribution in [1.29, 1.82) is 0 Å². The number of carbonyl (C=O) groups excluding carboxylic acids is 1. The van der Waals surface area contributed by atoms with E-state index in [9.17, 15) is 9.59 Å². The second-order valence-electron chi connectivity index (χ2n) is 4.53. The monoisotopic (exact) mass is 198 g/mol. The molecule has 14 heavy (non-hydrogen) atoms. The summed E-state index contributed by atoms with van der Waals surface area (Å²) in [6.07, 6.45) is 3.22. The molecule has 1 fully saturated rings. The zero-order valence-electron chi connectivity index (χ0n) is 8.88. The minimum absolute atomic E-state index is 0.104. The molecule has 0 saturated heterocycles. The zero-order chi connectivity index (χ0) is 10.8. The molecule has 1 rings (SSSR count). The maximum atomic E-state index is 11.7. The van der Waals surface area contributed by atoms with E-state index < -0.39 is 11.4 Å². The molecule has 3 nitrogen and oxygen atoms in total. The van der Waals surface area contributed by atoms with Crippen LogP contribution in [0.1, 0.15) is 46.0 Å². The quantitative estimate of drug-likeness (QED) is 0.756. The van der Waals surface area contributed by atoms with Gasteiger partial charge in [-0.15, -0.1) is 0 Å². The Hall–Kier alpha value is -0.860. The Morgan fingerprint density at radius 3 is 2.79 bits per heavy atom. The minimum atomic E-state index is -0.809. The maximum absolute atomic E-state index is 11.7. The number of rotatable bonds is 3. The third-order valence-electron chi connectivity index (χ3n) is 3.62. The van der Waals surface area contributed by atoms with Crippen LogP contribution >= 0.6 is 0 Å². The molecule has 0 amide bonds. The Morgan fingerprint density at radius 2 is 2.29 bits per heavy atom. The van der Waals surface area contributed by atoms with Gasteiger partial charge in [-0.2, -0.15) is 0 Å². The number of Topliss-reactive ketones (excluding diaryl/α,β-unsaturated/α-hetero) is 1. The summed E-state index contributed by atoms with van der Waals surface area (Å²) < 4.78 is 0. The third-order valence-corrected chi connectivity index (χ3v) is 3.62. The molecule has 1 aliphatic rings. The molecular weight excluding hydrogens is 180 g/mol. The van der Waals surface area contributed by atoms with Crippen molar-refractivity contribution < 1.29 is 14.7 Å². The molecule has 80 valence electrons. The summed E-state index contributed by atoms with van der Waals surface area (Å²) in [4.78, 5) is 22.2. The molecule has 0 heterocycles. The molecule has 0 aromatic carbocycles. The largest absolute Gasteiger partial charge is 0.481 e. The van der Waals surface area contributed by atoms with Gasteiger partial charge in [-0.05, 0) is 25.2 Å². The first-order valence-electron chi connectivity index (χ1n) is 5.22. The highest BCUT2D eigenvalue weighted by molar-refractivity contribution is 5.85. The van der Waals surface area contributed by atoms with E-state index in [2.05, 4.69) is 6.92 Å². The van der Waals surface area contributed by atoms with Gasteiger partial charge in [-0.3, -0.25) is 9.59 Å². The van der Waals surface area contributed by atoms with Crippen molar-refractivity contribution in [3.05, 3.63) is 0 Å². The fraction of sp³-hybridized carbons (Fsp3) is 0.818. The van der Waals surface area contributed by atoms with E-state index in [1.165, 1.54) is 0 Å². The SMILES string of the molecule is C[C@@H]1CCCC(=O)C1(C)CCC(=O)O. The highest BCUT2D eigenvalue weighted by atomic mass is 16.4. The lowest BCUT2D eigenvalue weighted by Gasteiger charge is -2.37. The van der Waals surface area contributed by atoms with Gasteiger partial charge >= 0.3 is 5.97 Å². The van der Waals surface area contributed by atoms with Gasteiger partial charge in [0.15, 0.2) is 0 Å². The smallest absolute Gasteiger partial charge is 0.303 e. The van der Waals surface area contributed by atoms with E-state index >= 15 is 0 Å². The second-order valence-corrected chi connectivity index (χ2v) is 4.53. The zero-order valence-corrected chi connectivity index (χ0v) is 8.88. The first-order valence-corrected chi connectivity index (χ1v) is 5.22. The van der Waals surface area contributed by atoms with Gasteiger partial charge in [-0.1, -0.05) is 13.8 Å². The Kier molecular flexibility index (Phi) is 3.29. The average Bonchev–Trinajstić information content (AvgIpc) is 2.11. The Labute approximate surface area is 84.5 Å². The fourth-order valence-corrected chi connectivity index (χ4v) is 2.20. The van der Waals surface area contributed by atoms with Crippen LogP contribution in [-0.2, 0) is 9.59 Å². The topological polar surface area (TPSA) is 54.4 Å². The van der Waals surface area contributed by atoms with Crippen LogP contribution in [0, 0.1) is 11.3 Å². The lowest BCUT2D eigenvalue weighted by atomic mass is 9.65. The van der Waals surface area contributed by atoms with E-state index in [4.69, 9.17) is 5.11 Å². The van der Waals surface area contributed by atoms with Crippen molar-refractivity contribution in [2.24, 2.45) is 11.3 Å². The summed E-state index contributed by atoms with van der Waals surface area (Å²) >= 11 is 0. The van der Waals surface area contributed by atoms with Gasteiger partial charge < -0.3 is 5.11 Å². The first kappa shape index (κ1) is 11.2. The fourth-order valence-electron chi connectivity index (χ4n) is 2.20. The van der Waals surface area contributed by atoms with E-state index in [-0.39, 0.29) is 12.2 Å². The van der Waals surface area contributed by atoms with Crippen molar-refractivity contribution in [3.63, 3.8) is 0 Å². The van der Waals surface area contributed by atoms with Gasteiger partial charge in [0.05, 0.1) is 0 Å². The molecule has 1 aliphatic carbocycles. The molecule has 1 saturated carbocycles. The van der Waals surface area contributed by atoms with Crippen LogP contribution in [0.5, 0.6) is 0 Å². The molecule has 0 aromatic heterocycles. The van der Waals surface area contributed by atoms with Gasteiger partial charge in [0, 0.05) is 18.3 Å². The average molecular weight is 198 g/mol. The number of carboxylic acid groups (broad SMARTS) is 1. The number of hydrogen-bond donors (Lipinski definition) is 1. The summed E-state index contributed by atoms with van der Waals surface area (Å²) in [5.41, 5.74) is -0.392. The van der Waals surface area contributed by atoms with Crippen LogP contribution in [0.3, 0.4) is 0 Å². The van der Waals surface area contributed by atoms with Gasteiger partial charge in [0.2, 0.25) is 0 Å². The van der Waals surface area contributed by atoms with Crippen molar-refractivity contribution in [1.82, 2.24) is 0 Å². The summed E-state index contributed by atoms with van der Waals surface area (Å²) in [7, 11) is 0. The normalized spacial score (nSPS) is 33.0. The van der Waals surface area contributed by atoms with Gasteiger partial charge in [0.1, 0.15) is 5.78 Å². The molecule has 1 N–H and O–H groups in total. The number of aliphatic carboxylic acids is 1. The van der Waals surface area contributed by atoms with Crippen LogP contribution in [0.15, 0.2) is 0 Å². The van der Waals surface area contributed by atoms with Gasteiger partial charge in [0.25, 0.3) is 0 Å². The molecular formula is C11H18O3. The van der Waals surface area contributed by atoms with Crippen molar-refractivity contribution >= 4 is 11.8 Å². The second kappa shape index (κ2) is 4.11. The lowest BCUT2D eigenvalue weighted by molar-refractivity contribution is -0.140. The molecule has 0 bridgehead atoms. The van der Waals surface area contributed by atoms with Crippen molar-refractivity contribution in [2.75, 3.05) is 0 Å². The van der Waals surface area contributed by atoms with Crippen molar-refractivity contribution in [2.45, 2.75) is 46.0 Å². The molecule has 0 spiro atoms. The van der Waals surface area contributed by atoms with E-state index in [1.54, 1.807) is 0 Å². The molecule has 1 unspecified atom stereocenters. The van der Waals surface area contributed by atoms with E-state index in [1.807, 2.05) is 6.92 Å². The predicted octanol–water partition coefficient (Wildman–Crippen LogP) is 2.25. The molecule has 2 atom stereocenters. The van der Waals surface area contributed by atoms with E-state index in [0.29, 0.717) is 18.8 Å². The molecule has 0 radical (unpaired) electrons. The number of carboxylic acids is 1. The lowest BCUT2D eigenvalue weighted by Crippen LogP contribution is -2.38. The standard InChI is InChI=1S/C11H18O3/c1-8-4-3-5-9(12)11(8,2)7-6-10(13)14/h8H,3-7H2,1-2H3,(H,13,14)/t8-,11?/m1/s1.